The Morgan fingerprint density at radius 2 is 2.08 bits per heavy atom. The van der Waals surface area contributed by atoms with Crippen LogP contribution in [-0.4, -0.2) is 31.6 Å². The minimum atomic E-state index is -0.0347. The summed E-state index contributed by atoms with van der Waals surface area (Å²) < 4.78 is 0. The van der Waals surface area contributed by atoms with Crippen molar-refractivity contribution in [3.63, 3.8) is 0 Å². The fourth-order valence-corrected chi connectivity index (χ4v) is 0.904. The van der Waals surface area contributed by atoms with E-state index < -0.39 is 0 Å². The molecule has 0 aliphatic heterocycles. The summed E-state index contributed by atoms with van der Waals surface area (Å²) in [5.74, 6) is 0.442. The van der Waals surface area contributed by atoms with Crippen molar-refractivity contribution in [1.29, 1.82) is 0 Å². The normalized spacial score (nSPS) is 10.2. The maximum Gasteiger partial charge on any atom is 0.192 e. The molecular weight excluding hydrogens is 172 g/mol. The third kappa shape index (κ3) is 1.36. The van der Waals surface area contributed by atoms with Gasteiger partial charge in [0, 0.05) is 6.07 Å². The first-order chi connectivity index (χ1) is 6.25. The van der Waals surface area contributed by atoms with E-state index in [0.29, 0.717) is 17.0 Å². The van der Waals surface area contributed by atoms with Gasteiger partial charge in [-0.15, -0.1) is 10.2 Å². The van der Waals surface area contributed by atoms with E-state index in [9.17, 15) is 0 Å². The molecule has 0 amide bonds. The number of aliphatic imine (C=N–C) groups is 1. The second-order valence-corrected chi connectivity index (χ2v) is 2.30. The quantitative estimate of drug-likeness (QED) is 0.365. The molecule has 0 saturated carbocycles. The van der Waals surface area contributed by atoms with Gasteiger partial charge in [-0.1, -0.05) is 0 Å². The molecule has 66 valence electrons. The Balaban J connectivity index is 2.56. The van der Waals surface area contributed by atoms with Crippen molar-refractivity contribution in [2.45, 2.75) is 0 Å². The number of aromatic amines is 1. The van der Waals surface area contributed by atoms with Gasteiger partial charge in [-0.25, -0.2) is 0 Å². The van der Waals surface area contributed by atoms with Crippen LogP contribution in [-0.2, 0) is 0 Å². The molecule has 2 heterocycles. The van der Waals surface area contributed by atoms with Gasteiger partial charge in [0.1, 0.15) is 11.3 Å². The van der Waals surface area contributed by atoms with Crippen LogP contribution in [0.5, 0.6) is 0 Å². The number of hydrogen-bond acceptors (Lipinski definition) is 5. The van der Waals surface area contributed by atoms with E-state index in [-0.39, 0.29) is 5.96 Å². The van der Waals surface area contributed by atoms with Gasteiger partial charge in [0.05, 0.1) is 0 Å². The molecule has 0 fully saturated rings. The van der Waals surface area contributed by atoms with Crippen LogP contribution in [0.2, 0.25) is 0 Å². The van der Waals surface area contributed by atoms with Crippen LogP contribution in [0, 0.1) is 0 Å². The van der Waals surface area contributed by atoms with Gasteiger partial charge >= 0.3 is 0 Å². The summed E-state index contributed by atoms with van der Waals surface area (Å²) in [4.78, 5) is 6.58. The molecule has 0 aliphatic carbocycles. The smallest absolute Gasteiger partial charge is 0.192 e. The number of hydrogen-bond donors (Lipinski definition) is 3. The first kappa shape index (κ1) is 7.40. The van der Waals surface area contributed by atoms with Gasteiger partial charge in [-0.2, -0.15) is 4.99 Å². The Morgan fingerprint density at radius 3 is 2.77 bits per heavy atom. The van der Waals surface area contributed by atoms with Crippen molar-refractivity contribution in [3.05, 3.63) is 6.07 Å². The second kappa shape index (κ2) is 2.66. The largest absolute Gasteiger partial charge is 0.370 e. The van der Waals surface area contributed by atoms with Crippen LogP contribution >= 0.6 is 0 Å². The highest BCUT2D eigenvalue weighted by Crippen LogP contribution is 2.14. The van der Waals surface area contributed by atoms with Crippen LogP contribution < -0.4 is 11.5 Å². The minimum absolute atomic E-state index is 0.0347. The summed E-state index contributed by atoms with van der Waals surface area (Å²) in [6.07, 6.45) is 0. The molecule has 0 unspecified atom stereocenters. The maximum absolute atomic E-state index is 5.18. The number of aromatic nitrogens is 5. The highest BCUT2D eigenvalue weighted by Gasteiger charge is 2.01. The van der Waals surface area contributed by atoms with E-state index in [0.717, 1.165) is 0 Å². The van der Waals surface area contributed by atoms with E-state index in [4.69, 9.17) is 11.5 Å². The SMILES string of the molecule is NC(N)=Nc1cc2nnnnc2[nH]1. The zero-order valence-corrected chi connectivity index (χ0v) is 6.47. The number of nitrogens with two attached hydrogens (primary N) is 2. The van der Waals surface area contributed by atoms with Gasteiger partial charge in [-0.05, 0) is 10.4 Å². The van der Waals surface area contributed by atoms with E-state index in [1.807, 2.05) is 0 Å². The maximum atomic E-state index is 5.18. The van der Waals surface area contributed by atoms with Gasteiger partial charge in [0.15, 0.2) is 11.6 Å². The molecule has 0 spiro atoms. The van der Waals surface area contributed by atoms with Crippen LogP contribution in [0.25, 0.3) is 11.2 Å². The molecule has 13 heavy (non-hydrogen) atoms. The summed E-state index contributed by atoms with van der Waals surface area (Å²) in [6, 6.07) is 1.62. The van der Waals surface area contributed by atoms with Crippen LogP contribution in [0.4, 0.5) is 5.82 Å². The molecular formula is C5H6N8. The van der Waals surface area contributed by atoms with Crippen molar-refractivity contribution in [2.24, 2.45) is 16.5 Å². The van der Waals surface area contributed by atoms with Gasteiger partial charge in [-0.3, -0.25) is 0 Å². The molecule has 5 N–H and O–H groups in total. The summed E-state index contributed by atoms with van der Waals surface area (Å²) in [6.45, 7) is 0. The zero-order chi connectivity index (χ0) is 9.26. The monoisotopic (exact) mass is 178 g/mol. The Bertz CT molecular complexity index is 419. The Kier molecular flexibility index (Phi) is 1.51. The number of nitrogens with zero attached hydrogens (tertiary/aromatic N) is 5. The third-order valence-corrected chi connectivity index (χ3v) is 1.35. The summed E-state index contributed by atoms with van der Waals surface area (Å²) in [5.41, 5.74) is 11.4. The fourth-order valence-electron chi connectivity index (χ4n) is 0.904. The van der Waals surface area contributed by atoms with Crippen molar-refractivity contribution >= 4 is 22.9 Å². The number of fused-ring (bicyclic) bond motifs is 1. The van der Waals surface area contributed by atoms with Crippen molar-refractivity contribution in [1.82, 2.24) is 25.6 Å². The predicted octanol–water partition coefficient (Wildman–Crippen LogP) is -1.35. The van der Waals surface area contributed by atoms with Crippen molar-refractivity contribution < 1.29 is 0 Å². The van der Waals surface area contributed by atoms with E-state index >= 15 is 0 Å². The highest BCUT2D eigenvalue weighted by molar-refractivity contribution is 5.81. The zero-order valence-electron chi connectivity index (χ0n) is 6.47. The molecule has 2 rings (SSSR count). The molecule has 0 aromatic carbocycles. The molecule has 2 aromatic heterocycles. The topological polar surface area (TPSA) is 132 Å². The lowest BCUT2D eigenvalue weighted by Crippen LogP contribution is -2.21. The van der Waals surface area contributed by atoms with Crippen LogP contribution in [0.15, 0.2) is 11.1 Å². The molecule has 8 nitrogen and oxygen atoms in total. The lowest BCUT2D eigenvalue weighted by Gasteiger charge is -1.86. The van der Waals surface area contributed by atoms with Crippen molar-refractivity contribution in [3.8, 4) is 0 Å². The summed E-state index contributed by atoms with van der Waals surface area (Å²) >= 11 is 0. The highest BCUT2D eigenvalue weighted by atomic mass is 15.4. The number of H-pyrrole nitrogens is 1. The predicted molar refractivity (Wildman–Crippen MR) is 44.9 cm³/mol. The van der Waals surface area contributed by atoms with Gasteiger partial charge in [0.25, 0.3) is 0 Å². The molecule has 2 aromatic rings. The molecule has 0 atom stereocenters. The minimum Gasteiger partial charge on any atom is -0.370 e. The average Bonchev–Trinajstić information content (AvgIpc) is 2.44. The van der Waals surface area contributed by atoms with Crippen LogP contribution in [0.1, 0.15) is 0 Å². The van der Waals surface area contributed by atoms with Gasteiger partial charge < -0.3 is 16.5 Å². The van der Waals surface area contributed by atoms with Crippen LogP contribution in [0.3, 0.4) is 0 Å². The Morgan fingerprint density at radius 1 is 1.31 bits per heavy atom. The second-order valence-electron chi connectivity index (χ2n) is 2.30. The first-order valence-corrected chi connectivity index (χ1v) is 3.40. The Labute approximate surface area is 72.0 Å². The molecule has 0 radical (unpaired) electrons. The lowest BCUT2D eigenvalue weighted by atomic mass is 10.5. The van der Waals surface area contributed by atoms with E-state index in [1.54, 1.807) is 6.07 Å². The third-order valence-electron chi connectivity index (χ3n) is 1.35. The Hall–Kier alpha value is -2.25. The summed E-state index contributed by atoms with van der Waals surface area (Å²) in [7, 11) is 0. The van der Waals surface area contributed by atoms with E-state index in [2.05, 4.69) is 30.6 Å². The number of nitrogens with one attached hydrogen (secondary N) is 1. The van der Waals surface area contributed by atoms with Crippen molar-refractivity contribution in [2.75, 3.05) is 0 Å². The summed E-state index contributed by atoms with van der Waals surface area (Å²) in [5, 5.41) is 14.1. The fraction of sp³-hybridized carbons (Fsp3) is 0. The first-order valence-electron chi connectivity index (χ1n) is 3.40. The standard InChI is InChI=1S/C5H6N8/c6-5(7)9-3-1-2-4(8-3)11-13-12-10-2/h1H,(H4,6,7,9)(H,8,11,12). The molecule has 8 heteroatoms. The average molecular weight is 178 g/mol. The van der Waals surface area contributed by atoms with Gasteiger partial charge in [0.2, 0.25) is 0 Å². The lowest BCUT2D eigenvalue weighted by molar-refractivity contribution is 0.794. The number of guanidine groups is 1. The molecule has 0 aliphatic rings. The molecule has 0 bridgehead atoms. The number of rotatable bonds is 1. The molecule has 0 saturated heterocycles. The van der Waals surface area contributed by atoms with E-state index in [1.165, 1.54) is 0 Å².